The van der Waals surface area contributed by atoms with Crippen LogP contribution in [0.5, 0.6) is 0 Å². The molecule has 7 heteroatoms. The van der Waals surface area contributed by atoms with Gasteiger partial charge in [0.1, 0.15) is 0 Å². The molecule has 0 aliphatic rings. The number of carboxylic acids is 1. The summed E-state index contributed by atoms with van der Waals surface area (Å²) in [6.45, 7) is 6.08. The molecule has 0 fully saturated rings. The number of rotatable bonds is 9. The lowest BCUT2D eigenvalue weighted by atomic mass is 9.98. The topological polar surface area (TPSA) is 101 Å². The van der Waals surface area contributed by atoms with E-state index in [2.05, 4.69) is 17.3 Å². The zero-order chi connectivity index (χ0) is 20.0. The van der Waals surface area contributed by atoms with Gasteiger partial charge in [0.2, 0.25) is 0 Å². The average molecular weight is 373 g/mol. The van der Waals surface area contributed by atoms with Gasteiger partial charge in [0.25, 0.3) is 11.5 Å². The van der Waals surface area contributed by atoms with Crippen molar-refractivity contribution < 1.29 is 14.7 Å². The highest BCUT2D eigenvalue weighted by atomic mass is 16.4. The lowest BCUT2D eigenvalue weighted by molar-refractivity contribution is -0.137. The first-order valence-electron chi connectivity index (χ1n) is 9.29. The van der Waals surface area contributed by atoms with Crippen molar-refractivity contribution >= 4 is 22.6 Å². The summed E-state index contributed by atoms with van der Waals surface area (Å²) in [7, 11) is 0. The van der Waals surface area contributed by atoms with Crippen LogP contribution >= 0.6 is 0 Å². The first-order chi connectivity index (χ1) is 12.7. The van der Waals surface area contributed by atoms with Crippen molar-refractivity contribution in [1.82, 2.24) is 15.1 Å². The number of hydrogen-bond acceptors (Lipinski definition) is 4. The van der Waals surface area contributed by atoms with Crippen molar-refractivity contribution in [3.8, 4) is 0 Å². The zero-order valence-electron chi connectivity index (χ0n) is 16.1. The molecule has 0 atom stereocenters. The van der Waals surface area contributed by atoms with Crippen molar-refractivity contribution in [3.63, 3.8) is 0 Å². The van der Waals surface area contributed by atoms with E-state index in [1.807, 2.05) is 0 Å². The van der Waals surface area contributed by atoms with Crippen molar-refractivity contribution in [3.05, 3.63) is 40.3 Å². The number of carboxylic acid groups (broad SMARTS) is 1. The molecular formula is C20H27N3O4. The van der Waals surface area contributed by atoms with Gasteiger partial charge < -0.3 is 10.4 Å². The van der Waals surface area contributed by atoms with Crippen LogP contribution in [0.1, 0.15) is 63.4 Å². The van der Waals surface area contributed by atoms with E-state index in [0.717, 1.165) is 19.3 Å². The minimum atomic E-state index is -0.912. The van der Waals surface area contributed by atoms with Gasteiger partial charge in [-0.15, -0.1) is 0 Å². The Morgan fingerprint density at radius 3 is 2.48 bits per heavy atom. The molecule has 1 heterocycles. The molecule has 1 aromatic heterocycles. The number of benzene rings is 1. The number of aliphatic carboxylic acids is 1. The molecule has 0 unspecified atom stereocenters. The first-order valence-corrected chi connectivity index (χ1v) is 9.29. The second-order valence-corrected chi connectivity index (χ2v) is 7.36. The van der Waals surface area contributed by atoms with Gasteiger partial charge in [-0.05, 0) is 32.8 Å². The fourth-order valence-electron chi connectivity index (χ4n) is 2.91. The molecule has 2 aromatic rings. The standard InChI is InChI=1S/C20H27N3O4/c1-4-5-8-13-23-19(27)15-10-7-6-9-14(15)17(22-23)18(26)21-20(2,3)12-11-16(24)25/h6-7,9-10H,4-5,8,11-13H2,1-3H3,(H,21,26)(H,24,25). The fraction of sp³-hybridized carbons (Fsp3) is 0.500. The minimum Gasteiger partial charge on any atom is -0.481 e. The molecule has 27 heavy (non-hydrogen) atoms. The highest BCUT2D eigenvalue weighted by Crippen LogP contribution is 2.17. The molecule has 0 spiro atoms. The Hall–Kier alpha value is -2.70. The maximum absolute atomic E-state index is 12.9. The largest absolute Gasteiger partial charge is 0.481 e. The second-order valence-electron chi connectivity index (χ2n) is 7.36. The van der Waals surface area contributed by atoms with E-state index in [1.54, 1.807) is 38.1 Å². The van der Waals surface area contributed by atoms with E-state index in [-0.39, 0.29) is 17.7 Å². The SMILES string of the molecule is CCCCCn1nc(C(=O)NC(C)(C)CCC(=O)O)c2ccccc2c1=O. The molecule has 7 nitrogen and oxygen atoms in total. The Balaban J connectivity index is 2.38. The van der Waals surface area contributed by atoms with E-state index in [4.69, 9.17) is 5.11 Å². The number of amides is 1. The molecule has 0 bridgehead atoms. The lowest BCUT2D eigenvalue weighted by Crippen LogP contribution is -2.44. The number of unbranched alkanes of at least 4 members (excludes halogenated alkanes) is 2. The summed E-state index contributed by atoms with van der Waals surface area (Å²) in [6.07, 6.45) is 3.06. The Bertz CT molecular complexity index is 886. The third-order valence-electron chi connectivity index (χ3n) is 4.47. The molecule has 0 saturated heterocycles. The molecule has 146 valence electrons. The van der Waals surface area contributed by atoms with Crippen LogP contribution in [0.3, 0.4) is 0 Å². The van der Waals surface area contributed by atoms with Crippen LogP contribution in [0.4, 0.5) is 0 Å². The summed E-state index contributed by atoms with van der Waals surface area (Å²) in [4.78, 5) is 36.4. The third kappa shape index (κ3) is 5.39. The predicted octanol–water partition coefficient (Wildman–Crippen LogP) is 2.96. The number of fused-ring (bicyclic) bond motifs is 1. The molecule has 0 aliphatic carbocycles. The number of nitrogens with one attached hydrogen (secondary N) is 1. The number of hydrogen-bond donors (Lipinski definition) is 2. The number of carbonyl (C=O) groups is 2. The monoisotopic (exact) mass is 373 g/mol. The van der Waals surface area contributed by atoms with Crippen LogP contribution < -0.4 is 10.9 Å². The van der Waals surface area contributed by atoms with E-state index < -0.39 is 17.4 Å². The van der Waals surface area contributed by atoms with Gasteiger partial charge in [0.15, 0.2) is 5.69 Å². The summed E-state index contributed by atoms with van der Waals surface area (Å²) in [5.74, 6) is -1.32. The summed E-state index contributed by atoms with van der Waals surface area (Å²) in [5.41, 5.74) is -0.727. The Morgan fingerprint density at radius 2 is 1.85 bits per heavy atom. The van der Waals surface area contributed by atoms with Crippen molar-refractivity contribution in [1.29, 1.82) is 0 Å². The van der Waals surface area contributed by atoms with E-state index in [0.29, 0.717) is 23.7 Å². The average Bonchev–Trinajstić information content (AvgIpc) is 2.62. The summed E-state index contributed by atoms with van der Waals surface area (Å²) >= 11 is 0. The van der Waals surface area contributed by atoms with Crippen LogP contribution in [-0.2, 0) is 11.3 Å². The first kappa shape index (κ1) is 20.6. The zero-order valence-corrected chi connectivity index (χ0v) is 16.1. The second kappa shape index (κ2) is 8.79. The maximum atomic E-state index is 12.9. The highest BCUT2D eigenvalue weighted by molar-refractivity contribution is 6.05. The van der Waals surface area contributed by atoms with Gasteiger partial charge in [-0.25, -0.2) is 4.68 Å². The molecule has 1 aromatic carbocycles. The van der Waals surface area contributed by atoms with Crippen molar-refractivity contribution in [2.45, 2.75) is 65.0 Å². The maximum Gasteiger partial charge on any atom is 0.303 e. The highest BCUT2D eigenvalue weighted by Gasteiger charge is 2.25. The minimum absolute atomic E-state index is 0.0437. The van der Waals surface area contributed by atoms with Crippen LogP contribution in [0.15, 0.2) is 29.1 Å². The van der Waals surface area contributed by atoms with Crippen LogP contribution in [0.2, 0.25) is 0 Å². The summed E-state index contributed by atoms with van der Waals surface area (Å²) in [5, 5.41) is 17.0. The number of aryl methyl sites for hydroxylation is 1. The van der Waals surface area contributed by atoms with Gasteiger partial charge in [0.05, 0.1) is 5.39 Å². The number of aromatic nitrogens is 2. The normalized spacial score (nSPS) is 11.5. The lowest BCUT2D eigenvalue weighted by Gasteiger charge is -2.25. The van der Waals surface area contributed by atoms with Crippen molar-refractivity contribution in [2.75, 3.05) is 0 Å². The molecule has 0 aliphatic heterocycles. The number of carbonyl (C=O) groups excluding carboxylic acids is 1. The smallest absolute Gasteiger partial charge is 0.303 e. The van der Waals surface area contributed by atoms with E-state index in [9.17, 15) is 14.4 Å². The van der Waals surface area contributed by atoms with Crippen LogP contribution in [-0.4, -0.2) is 32.3 Å². The summed E-state index contributed by atoms with van der Waals surface area (Å²) in [6, 6.07) is 6.93. The van der Waals surface area contributed by atoms with E-state index >= 15 is 0 Å². The quantitative estimate of drug-likeness (QED) is 0.658. The number of nitrogens with zero attached hydrogens (tertiary/aromatic N) is 2. The van der Waals surface area contributed by atoms with Gasteiger partial charge >= 0.3 is 5.97 Å². The van der Waals surface area contributed by atoms with Gasteiger partial charge in [-0.3, -0.25) is 14.4 Å². The molecule has 2 rings (SSSR count). The van der Waals surface area contributed by atoms with Crippen molar-refractivity contribution in [2.24, 2.45) is 0 Å². The fourth-order valence-corrected chi connectivity index (χ4v) is 2.91. The van der Waals surface area contributed by atoms with Gasteiger partial charge in [-0.1, -0.05) is 38.0 Å². The van der Waals surface area contributed by atoms with E-state index in [1.165, 1.54) is 4.68 Å². The molecule has 1 amide bonds. The van der Waals surface area contributed by atoms with Gasteiger partial charge in [0, 0.05) is 23.9 Å². The molecular weight excluding hydrogens is 346 g/mol. The Kier molecular flexibility index (Phi) is 6.71. The van der Waals surface area contributed by atoms with Crippen LogP contribution in [0.25, 0.3) is 10.8 Å². The third-order valence-corrected chi connectivity index (χ3v) is 4.47. The molecule has 2 N–H and O–H groups in total. The molecule has 0 radical (unpaired) electrons. The molecule has 0 saturated carbocycles. The van der Waals surface area contributed by atoms with Crippen LogP contribution in [0, 0.1) is 0 Å². The van der Waals surface area contributed by atoms with Gasteiger partial charge in [-0.2, -0.15) is 5.10 Å². The summed E-state index contributed by atoms with van der Waals surface area (Å²) < 4.78 is 1.36. The Morgan fingerprint density at radius 1 is 1.19 bits per heavy atom. The Labute approximate surface area is 158 Å². The predicted molar refractivity (Wildman–Crippen MR) is 104 cm³/mol.